The molecule has 0 N–H and O–H groups in total. The number of amides is 1. The minimum Gasteiger partial charge on any atom is -0.452 e. The number of hydrogen-bond donors (Lipinski definition) is 0. The second-order valence-corrected chi connectivity index (χ2v) is 8.62. The molecule has 0 bridgehead atoms. The average Bonchev–Trinajstić information content (AvgIpc) is 3.23. The molecule has 1 aliphatic rings. The van der Waals surface area contributed by atoms with Crippen LogP contribution in [0.5, 0.6) is 0 Å². The molecule has 1 aromatic heterocycles. The van der Waals surface area contributed by atoms with Crippen LogP contribution in [-0.4, -0.2) is 33.5 Å². The summed E-state index contributed by atoms with van der Waals surface area (Å²) >= 11 is 7.76. The lowest BCUT2D eigenvalue weighted by molar-refractivity contribution is -0.121. The van der Waals surface area contributed by atoms with Crippen LogP contribution in [0.4, 0.5) is 11.4 Å². The topological polar surface area (TPSA) is 77.3 Å². The summed E-state index contributed by atoms with van der Waals surface area (Å²) < 4.78 is 7.10. The van der Waals surface area contributed by atoms with Gasteiger partial charge in [0, 0.05) is 21.4 Å². The molecule has 2 heterocycles. The molecule has 0 radical (unpaired) electrons. The zero-order chi connectivity index (χ0) is 22.2. The Kier molecular flexibility index (Phi) is 5.32. The van der Waals surface area contributed by atoms with E-state index < -0.39 is 12.6 Å². The molecule has 0 spiro atoms. The zero-order valence-electron chi connectivity index (χ0n) is 17.0. The minimum atomic E-state index is -0.600. The van der Waals surface area contributed by atoms with E-state index in [1.54, 1.807) is 51.7 Å². The van der Waals surface area contributed by atoms with Crippen molar-refractivity contribution in [3.05, 3.63) is 71.2 Å². The summed E-state index contributed by atoms with van der Waals surface area (Å²) in [6.07, 6.45) is 0. The molecule has 0 aliphatic carbocycles. The Hall–Kier alpha value is -3.36. The molecule has 0 saturated heterocycles. The molecule has 1 aliphatic heterocycles. The monoisotopic (exact) mass is 464 g/mol. The predicted octanol–water partition coefficient (Wildman–Crippen LogP) is 5.09. The summed E-state index contributed by atoms with van der Waals surface area (Å²) in [7, 11) is 0. The number of nitrogens with zero attached hydrogens (tertiary/aromatic N) is 4. The molecule has 0 atom stereocenters. The van der Waals surface area contributed by atoms with Crippen molar-refractivity contribution >= 4 is 57.6 Å². The quantitative estimate of drug-likeness (QED) is 0.391. The number of para-hydroxylation sites is 1. The van der Waals surface area contributed by atoms with Gasteiger partial charge in [-0.1, -0.05) is 40.7 Å². The van der Waals surface area contributed by atoms with Crippen LogP contribution in [0.3, 0.4) is 0 Å². The van der Waals surface area contributed by atoms with Gasteiger partial charge in [-0.25, -0.2) is 9.48 Å². The fourth-order valence-corrected chi connectivity index (χ4v) is 4.81. The van der Waals surface area contributed by atoms with Crippen LogP contribution >= 0.6 is 23.4 Å². The van der Waals surface area contributed by atoms with Crippen LogP contribution in [0, 0.1) is 0 Å². The summed E-state index contributed by atoms with van der Waals surface area (Å²) in [6.45, 7) is 2.23. The number of fused-ring (bicyclic) bond motifs is 3. The molecule has 0 unspecified atom stereocenters. The van der Waals surface area contributed by atoms with E-state index in [1.807, 2.05) is 37.3 Å². The molecule has 7 nitrogen and oxygen atoms in total. The van der Waals surface area contributed by atoms with Gasteiger partial charge in [0.15, 0.2) is 6.61 Å². The van der Waals surface area contributed by atoms with Crippen molar-refractivity contribution in [3.63, 3.8) is 0 Å². The first-order valence-electron chi connectivity index (χ1n) is 9.95. The second kappa shape index (κ2) is 8.29. The van der Waals surface area contributed by atoms with Crippen molar-refractivity contribution in [2.24, 2.45) is 0 Å². The van der Waals surface area contributed by atoms with Crippen LogP contribution < -0.4 is 4.90 Å². The summed E-state index contributed by atoms with van der Waals surface area (Å²) in [4.78, 5) is 29.2. The maximum Gasteiger partial charge on any atom is 0.338 e. The number of ether oxygens (including phenoxy) is 1. The first-order valence-corrected chi connectivity index (χ1v) is 11.1. The number of hydrogen-bond acceptors (Lipinski definition) is 6. The van der Waals surface area contributed by atoms with E-state index in [9.17, 15) is 9.59 Å². The lowest BCUT2D eigenvalue weighted by Gasteiger charge is -2.31. The number of carbonyl (C=O) groups excluding carboxylic acids is 2. The first-order chi connectivity index (χ1) is 15.5. The number of aromatic nitrogens is 3. The number of aryl methyl sites for hydroxylation is 1. The number of esters is 1. The van der Waals surface area contributed by atoms with Crippen molar-refractivity contribution in [1.29, 1.82) is 0 Å². The third-order valence-corrected chi connectivity index (χ3v) is 6.48. The molecular formula is C23H17ClN4O3S. The third kappa shape index (κ3) is 3.61. The molecule has 9 heteroatoms. The zero-order valence-corrected chi connectivity index (χ0v) is 18.6. The van der Waals surface area contributed by atoms with Crippen LogP contribution in [-0.2, 0) is 16.1 Å². The van der Waals surface area contributed by atoms with Gasteiger partial charge >= 0.3 is 5.97 Å². The van der Waals surface area contributed by atoms with Gasteiger partial charge in [-0.05, 0) is 55.5 Å². The Morgan fingerprint density at radius 1 is 1.03 bits per heavy atom. The normalized spacial score (nSPS) is 12.4. The SMILES string of the molecule is CCn1nnc2cc(C(=O)OCC(=O)N3c4ccccc4Sc4ccc(Cl)cc43)ccc21. The van der Waals surface area contributed by atoms with E-state index in [-0.39, 0.29) is 5.91 Å². The standard InChI is InChI=1S/C23H17ClN4O3S/c1-2-27-17-9-7-14(11-16(17)25-26-27)23(30)31-13-22(29)28-18-5-3-4-6-20(18)32-21-10-8-15(24)12-19(21)28/h3-12H,2,13H2,1H3. The molecular weight excluding hydrogens is 448 g/mol. The first kappa shape index (κ1) is 20.5. The smallest absolute Gasteiger partial charge is 0.338 e. The van der Waals surface area contributed by atoms with E-state index >= 15 is 0 Å². The molecule has 0 saturated carbocycles. The molecule has 1 amide bonds. The highest BCUT2D eigenvalue weighted by Gasteiger charge is 2.29. The highest BCUT2D eigenvalue weighted by atomic mass is 35.5. The van der Waals surface area contributed by atoms with Crippen LogP contribution in [0.15, 0.2) is 70.5 Å². The van der Waals surface area contributed by atoms with Crippen molar-refractivity contribution in [3.8, 4) is 0 Å². The Morgan fingerprint density at radius 3 is 2.69 bits per heavy atom. The van der Waals surface area contributed by atoms with E-state index in [1.165, 1.54) is 0 Å². The molecule has 160 valence electrons. The van der Waals surface area contributed by atoms with Gasteiger partial charge in [-0.3, -0.25) is 9.69 Å². The van der Waals surface area contributed by atoms with Gasteiger partial charge in [0.1, 0.15) is 5.52 Å². The number of rotatable bonds is 4. The van der Waals surface area contributed by atoms with Crippen molar-refractivity contribution in [2.45, 2.75) is 23.3 Å². The van der Waals surface area contributed by atoms with Crippen molar-refractivity contribution < 1.29 is 14.3 Å². The Bertz CT molecular complexity index is 1370. The largest absolute Gasteiger partial charge is 0.452 e. The highest BCUT2D eigenvalue weighted by molar-refractivity contribution is 7.99. The van der Waals surface area contributed by atoms with Crippen LogP contribution in [0.1, 0.15) is 17.3 Å². The summed E-state index contributed by atoms with van der Waals surface area (Å²) in [5.41, 5.74) is 3.13. The Labute approximate surface area is 192 Å². The van der Waals surface area contributed by atoms with Gasteiger partial charge in [0.05, 0.1) is 22.5 Å². The number of anilines is 2. The van der Waals surface area contributed by atoms with Crippen LogP contribution in [0.2, 0.25) is 5.02 Å². The number of benzene rings is 3. The second-order valence-electron chi connectivity index (χ2n) is 7.10. The van der Waals surface area contributed by atoms with E-state index in [4.69, 9.17) is 16.3 Å². The van der Waals surface area contributed by atoms with E-state index in [2.05, 4.69) is 10.3 Å². The van der Waals surface area contributed by atoms with Crippen molar-refractivity contribution in [2.75, 3.05) is 11.5 Å². The number of halogens is 1. The van der Waals surface area contributed by atoms with Gasteiger partial charge in [0.2, 0.25) is 0 Å². The maximum atomic E-state index is 13.2. The lowest BCUT2D eigenvalue weighted by Crippen LogP contribution is -2.32. The van der Waals surface area contributed by atoms with Gasteiger partial charge in [-0.15, -0.1) is 5.10 Å². The summed E-state index contributed by atoms with van der Waals surface area (Å²) in [5.74, 6) is -0.968. The van der Waals surface area contributed by atoms with Gasteiger partial charge < -0.3 is 4.74 Å². The van der Waals surface area contributed by atoms with Gasteiger partial charge in [-0.2, -0.15) is 0 Å². The Balaban J connectivity index is 1.38. The van der Waals surface area contributed by atoms with E-state index in [0.717, 1.165) is 21.0 Å². The molecule has 3 aromatic carbocycles. The molecule has 4 aromatic rings. The molecule has 0 fully saturated rings. The summed E-state index contributed by atoms with van der Waals surface area (Å²) in [5, 5.41) is 8.64. The fourth-order valence-electron chi connectivity index (χ4n) is 3.60. The number of carbonyl (C=O) groups is 2. The average molecular weight is 465 g/mol. The van der Waals surface area contributed by atoms with Gasteiger partial charge in [0.25, 0.3) is 5.91 Å². The van der Waals surface area contributed by atoms with E-state index in [0.29, 0.717) is 28.3 Å². The minimum absolute atomic E-state index is 0.312. The maximum absolute atomic E-state index is 13.2. The molecule has 5 rings (SSSR count). The van der Waals surface area contributed by atoms with Crippen molar-refractivity contribution in [1.82, 2.24) is 15.0 Å². The summed E-state index contributed by atoms with van der Waals surface area (Å²) in [6, 6.07) is 18.0. The highest BCUT2D eigenvalue weighted by Crippen LogP contribution is 2.48. The third-order valence-electron chi connectivity index (χ3n) is 5.11. The lowest BCUT2D eigenvalue weighted by atomic mass is 10.2. The predicted molar refractivity (Wildman–Crippen MR) is 123 cm³/mol. The van der Waals surface area contributed by atoms with Crippen LogP contribution in [0.25, 0.3) is 11.0 Å². The molecule has 32 heavy (non-hydrogen) atoms. The Morgan fingerprint density at radius 2 is 1.84 bits per heavy atom. The fraction of sp³-hybridized carbons (Fsp3) is 0.130.